The van der Waals surface area contributed by atoms with Gasteiger partial charge in [0.05, 0.1) is 35.4 Å². The van der Waals surface area contributed by atoms with Crippen LogP contribution in [0.5, 0.6) is 0 Å². The molecule has 190 valence electrons. The Morgan fingerprint density at radius 2 is 1.81 bits per heavy atom. The number of fused-ring (bicyclic) bond motifs is 1. The van der Waals surface area contributed by atoms with Crippen LogP contribution in [0, 0.1) is 0 Å². The molecule has 2 heterocycles. The molecular weight excluding hydrogens is 508 g/mol. The number of hydrogen-bond donors (Lipinski definition) is 1. The second kappa shape index (κ2) is 10.7. The van der Waals surface area contributed by atoms with Gasteiger partial charge in [0, 0.05) is 31.3 Å². The van der Waals surface area contributed by atoms with Gasteiger partial charge < -0.3 is 19.4 Å². The molecule has 0 aliphatic carbocycles. The summed E-state index contributed by atoms with van der Waals surface area (Å²) in [7, 11) is -2.42. The van der Waals surface area contributed by atoms with Crippen LogP contribution in [0.2, 0.25) is 0 Å². The van der Waals surface area contributed by atoms with Gasteiger partial charge in [-0.25, -0.2) is 8.42 Å². The van der Waals surface area contributed by atoms with Crippen LogP contribution in [-0.2, 0) is 35.6 Å². The predicted molar refractivity (Wildman–Crippen MR) is 132 cm³/mol. The number of nitrogens with one attached hydrogen (secondary N) is 1. The smallest absolute Gasteiger partial charge is 0.325 e. The van der Waals surface area contributed by atoms with Gasteiger partial charge in [0.25, 0.3) is 5.91 Å². The van der Waals surface area contributed by atoms with Gasteiger partial charge in [-0.05, 0) is 42.5 Å². The number of carbonyl (C=O) groups is 3. The maximum Gasteiger partial charge on any atom is 0.325 e. The maximum atomic E-state index is 13.0. The summed E-state index contributed by atoms with van der Waals surface area (Å²) in [5.41, 5.74) is 1.39. The van der Waals surface area contributed by atoms with E-state index in [9.17, 15) is 22.8 Å². The number of sulfonamides is 1. The zero-order valence-corrected chi connectivity index (χ0v) is 21.2. The van der Waals surface area contributed by atoms with Crippen molar-refractivity contribution < 1.29 is 32.3 Å². The van der Waals surface area contributed by atoms with E-state index in [1.54, 1.807) is 22.8 Å². The minimum absolute atomic E-state index is 0.0778. The van der Waals surface area contributed by atoms with E-state index in [4.69, 9.17) is 9.47 Å². The van der Waals surface area contributed by atoms with Gasteiger partial charge in [0.15, 0.2) is 4.80 Å². The Balaban J connectivity index is 1.67. The number of ether oxygens (including phenoxy) is 2. The van der Waals surface area contributed by atoms with E-state index in [0.29, 0.717) is 29.1 Å². The fraction of sp³-hybridized carbons (Fsp3) is 0.304. The van der Waals surface area contributed by atoms with Gasteiger partial charge in [0.2, 0.25) is 15.9 Å². The molecule has 11 nitrogen and oxygen atoms in total. The van der Waals surface area contributed by atoms with Crippen LogP contribution in [0.15, 0.2) is 52.4 Å². The number of anilines is 1. The van der Waals surface area contributed by atoms with E-state index >= 15 is 0 Å². The van der Waals surface area contributed by atoms with Crippen molar-refractivity contribution in [2.75, 3.05) is 38.7 Å². The molecule has 0 radical (unpaired) electrons. The molecule has 36 heavy (non-hydrogen) atoms. The third-order valence-electron chi connectivity index (χ3n) is 5.42. The second-order valence-corrected chi connectivity index (χ2v) is 10.8. The lowest BCUT2D eigenvalue weighted by Crippen LogP contribution is -2.40. The number of methoxy groups -OCH3 is 1. The molecule has 4 rings (SSSR count). The summed E-state index contributed by atoms with van der Waals surface area (Å²) >= 11 is 1.17. The van der Waals surface area contributed by atoms with Gasteiger partial charge in [-0.1, -0.05) is 11.3 Å². The van der Waals surface area contributed by atoms with E-state index in [1.165, 1.54) is 53.9 Å². The summed E-state index contributed by atoms with van der Waals surface area (Å²) in [6, 6.07) is 10.7. The van der Waals surface area contributed by atoms with E-state index in [1.807, 2.05) is 0 Å². The first kappa shape index (κ1) is 25.7. The first-order valence-corrected chi connectivity index (χ1v) is 13.2. The lowest BCUT2D eigenvalue weighted by atomic mass is 10.2. The minimum Gasteiger partial charge on any atom is -0.468 e. The molecule has 2 aromatic carbocycles. The molecule has 1 fully saturated rings. The number of carbonyl (C=O) groups excluding carboxylic acids is 3. The van der Waals surface area contributed by atoms with Gasteiger partial charge in [-0.2, -0.15) is 9.30 Å². The van der Waals surface area contributed by atoms with Crippen LogP contribution in [0.25, 0.3) is 10.2 Å². The summed E-state index contributed by atoms with van der Waals surface area (Å²) in [6.07, 6.45) is 0. The van der Waals surface area contributed by atoms with Crippen LogP contribution in [0.1, 0.15) is 17.3 Å². The molecule has 2 amide bonds. The molecule has 1 saturated heterocycles. The average Bonchev–Trinajstić information content (AvgIpc) is 3.19. The number of rotatable bonds is 6. The highest BCUT2D eigenvalue weighted by molar-refractivity contribution is 7.89. The first-order chi connectivity index (χ1) is 17.2. The molecule has 1 aliphatic heterocycles. The summed E-state index contributed by atoms with van der Waals surface area (Å²) in [4.78, 5) is 40.9. The monoisotopic (exact) mass is 532 g/mol. The molecule has 1 aliphatic rings. The Morgan fingerprint density at radius 3 is 2.44 bits per heavy atom. The van der Waals surface area contributed by atoms with E-state index in [-0.39, 0.29) is 40.8 Å². The molecular formula is C23H24N4O7S2. The molecule has 3 aromatic rings. The number of morpholine rings is 1. The van der Waals surface area contributed by atoms with Crippen LogP contribution in [-0.4, -0.2) is 68.5 Å². The molecule has 0 spiro atoms. The van der Waals surface area contributed by atoms with Crippen molar-refractivity contribution in [2.24, 2.45) is 4.99 Å². The fourth-order valence-electron chi connectivity index (χ4n) is 3.64. The van der Waals surface area contributed by atoms with Crippen LogP contribution < -0.4 is 10.1 Å². The Morgan fingerprint density at radius 1 is 1.11 bits per heavy atom. The number of benzene rings is 2. The normalized spacial score (nSPS) is 15.1. The molecule has 1 N–H and O–H groups in total. The van der Waals surface area contributed by atoms with Crippen molar-refractivity contribution in [3.05, 3.63) is 52.8 Å². The topological polar surface area (TPSA) is 136 Å². The lowest BCUT2D eigenvalue weighted by molar-refractivity contribution is -0.141. The Bertz CT molecular complexity index is 1480. The number of nitrogens with zero attached hydrogens (tertiary/aromatic N) is 3. The molecule has 0 saturated carbocycles. The molecule has 0 bridgehead atoms. The Hall–Kier alpha value is -3.39. The van der Waals surface area contributed by atoms with Crippen molar-refractivity contribution >= 4 is 55.0 Å². The number of hydrogen-bond acceptors (Lipinski definition) is 8. The summed E-state index contributed by atoms with van der Waals surface area (Å²) < 4.78 is 39.2. The van der Waals surface area contributed by atoms with Gasteiger partial charge in [-0.3, -0.25) is 14.4 Å². The highest BCUT2D eigenvalue weighted by Gasteiger charge is 2.26. The number of aromatic nitrogens is 1. The van der Waals surface area contributed by atoms with E-state index in [0.717, 1.165) is 0 Å². The number of thiazole rings is 1. The Labute approximate surface area is 211 Å². The summed E-state index contributed by atoms with van der Waals surface area (Å²) in [6.45, 7) is 2.44. The Kier molecular flexibility index (Phi) is 7.64. The molecule has 1 aromatic heterocycles. The van der Waals surface area contributed by atoms with Crippen LogP contribution >= 0.6 is 11.3 Å². The van der Waals surface area contributed by atoms with Crippen molar-refractivity contribution in [1.29, 1.82) is 0 Å². The van der Waals surface area contributed by atoms with E-state index < -0.39 is 21.9 Å². The molecule has 13 heteroatoms. The third kappa shape index (κ3) is 5.54. The molecule has 0 unspecified atom stereocenters. The number of esters is 1. The quantitative estimate of drug-likeness (QED) is 0.476. The van der Waals surface area contributed by atoms with Crippen molar-refractivity contribution in [3.63, 3.8) is 0 Å². The zero-order chi connectivity index (χ0) is 25.9. The highest BCUT2D eigenvalue weighted by Crippen LogP contribution is 2.23. The second-order valence-electron chi connectivity index (χ2n) is 7.87. The van der Waals surface area contributed by atoms with Crippen molar-refractivity contribution in [1.82, 2.24) is 8.87 Å². The van der Waals surface area contributed by atoms with Crippen molar-refractivity contribution in [2.45, 2.75) is 18.4 Å². The standard InChI is InChI=1S/C23H24N4O7S2/c1-15(28)24-17-5-8-19-20(13-17)35-23(27(19)14-21(29)33-2)25-22(30)16-3-6-18(7-4-16)36(31,32)26-9-11-34-12-10-26/h3-8,13H,9-12,14H2,1-2H3,(H,24,28). The minimum atomic E-state index is -3.69. The van der Waals surface area contributed by atoms with E-state index in [2.05, 4.69) is 10.3 Å². The maximum absolute atomic E-state index is 13.0. The predicted octanol–water partition coefficient (Wildman–Crippen LogP) is 1.60. The largest absolute Gasteiger partial charge is 0.468 e. The fourth-order valence-corrected chi connectivity index (χ4v) is 6.12. The van der Waals surface area contributed by atoms with Gasteiger partial charge in [-0.15, -0.1) is 0 Å². The summed E-state index contributed by atoms with van der Waals surface area (Å²) in [5, 5.41) is 2.70. The van der Waals surface area contributed by atoms with Gasteiger partial charge >= 0.3 is 5.97 Å². The first-order valence-electron chi connectivity index (χ1n) is 10.9. The lowest BCUT2D eigenvalue weighted by Gasteiger charge is -2.26. The van der Waals surface area contributed by atoms with Crippen molar-refractivity contribution in [3.8, 4) is 0 Å². The zero-order valence-electron chi connectivity index (χ0n) is 19.6. The van der Waals surface area contributed by atoms with Gasteiger partial charge in [0.1, 0.15) is 6.54 Å². The van der Waals surface area contributed by atoms with Crippen LogP contribution in [0.3, 0.4) is 0 Å². The molecule has 0 atom stereocenters. The van der Waals surface area contributed by atoms with Crippen LogP contribution in [0.4, 0.5) is 5.69 Å². The summed E-state index contributed by atoms with van der Waals surface area (Å²) in [5.74, 6) is -1.35. The SMILES string of the molecule is COC(=O)Cn1c(=NC(=O)c2ccc(S(=O)(=O)N3CCOCC3)cc2)sc2cc(NC(C)=O)ccc21. The average molecular weight is 533 g/mol. The highest BCUT2D eigenvalue weighted by atomic mass is 32.2. The third-order valence-corrected chi connectivity index (χ3v) is 8.38. The number of amides is 2.